The molecule has 1 aromatic rings. The van der Waals surface area contributed by atoms with E-state index in [-0.39, 0.29) is 0 Å². The largest absolute Gasteiger partial charge is 0.462 e. The first-order valence-corrected chi connectivity index (χ1v) is 7.08. The van der Waals surface area contributed by atoms with Crippen LogP contribution in [0, 0.1) is 0 Å². The molecule has 0 N–H and O–H groups in total. The Hall–Kier alpha value is -0.640. The minimum Gasteiger partial charge on any atom is -0.462 e. The predicted octanol–water partition coefficient (Wildman–Crippen LogP) is 3.91. The van der Waals surface area contributed by atoms with Gasteiger partial charge in [-0.1, -0.05) is 29.3 Å². The molecule has 0 radical (unpaired) electrons. The molecule has 0 aromatic heterocycles. The van der Waals surface area contributed by atoms with Crippen molar-refractivity contribution in [1.29, 1.82) is 0 Å². The number of halogens is 2. The van der Waals surface area contributed by atoms with E-state index >= 15 is 0 Å². The summed E-state index contributed by atoms with van der Waals surface area (Å²) in [5.41, 5.74) is 0.623. The Labute approximate surface area is 115 Å². The standard InChI is InChI=1S/C12H12Cl2O2S/c1-17-8-7-16-12(15)6-5-9-10(13)3-2-4-11(9)14/h2-6H,7-8H2,1H3/b6-5+. The highest BCUT2D eigenvalue weighted by molar-refractivity contribution is 7.98. The molecule has 0 bridgehead atoms. The van der Waals surface area contributed by atoms with Crippen LogP contribution >= 0.6 is 35.0 Å². The number of benzene rings is 1. The fourth-order valence-corrected chi connectivity index (χ4v) is 1.87. The van der Waals surface area contributed by atoms with E-state index in [2.05, 4.69) is 0 Å². The molecule has 0 amide bonds. The smallest absolute Gasteiger partial charge is 0.330 e. The van der Waals surface area contributed by atoms with E-state index in [1.165, 1.54) is 6.08 Å². The van der Waals surface area contributed by atoms with Gasteiger partial charge in [0.05, 0.1) is 0 Å². The summed E-state index contributed by atoms with van der Waals surface area (Å²) in [4.78, 5) is 11.3. The fourth-order valence-electron chi connectivity index (χ4n) is 1.10. The number of hydrogen-bond donors (Lipinski definition) is 0. The van der Waals surface area contributed by atoms with Crippen LogP contribution in [0.15, 0.2) is 24.3 Å². The summed E-state index contributed by atoms with van der Waals surface area (Å²) in [7, 11) is 0. The van der Waals surface area contributed by atoms with E-state index in [4.69, 9.17) is 27.9 Å². The topological polar surface area (TPSA) is 26.3 Å². The van der Waals surface area contributed by atoms with Crippen molar-refractivity contribution in [1.82, 2.24) is 0 Å². The number of rotatable bonds is 5. The van der Waals surface area contributed by atoms with Crippen LogP contribution in [0.1, 0.15) is 5.56 Å². The second-order valence-corrected chi connectivity index (χ2v) is 4.93. The van der Waals surface area contributed by atoms with E-state index in [1.807, 2.05) is 6.26 Å². The molecule has 92 valence electrons. The highest BCUT2D eigenvalue weighted by Gasteiger charge is 2.02. The third-order valence-corrected chi connectivity index (χ3v) is 3.15. The molecule has 0 spiro atoms. The van der Waals surface area contributed by atoms with Gasteiger partial charge in [0.2, 0.25) is 0 Å². The van der Waals surface area contributed by atoms with Crippen molar-refractivity contribution in [3.05, 3.63) is 39.9 Å². The average Bonchev–Trinajstić information content (AvgIpc) is 2.29. The van der Waals surface area contributed by atoms with Gasteiger partial charge in [0.15, 0.2) is 0 Å². The number of thioether (sulfide) groups is 1. The first-order valence-electron chi connectivity index (χ1n) is 4.93. The number of carbonyl (C=O) groups is 1. The second-order valence-electron chi connectivity index (χ2n) is 3.13. The molecule has 0 heterocycles. The molecule has 0 aliphatic rings. The molecule has 0 atom stereocenters. The van der Waals surface area contributed by atoms with Crippen LogP contribution in [-0.2, 0) is 9.53 Å². The van der Waals surface area contributed by atoms with Gasteiger partial charge in [-0.15, -0.1) is 0 Å². The van der Waals surface area contributed by atoms with E-state index in [0.717, 1.165) is 5.75 Å². The normalized spacial score (nSPS) is 10.8. The summed E-state index contributed by atoms with van der Waals surface area (Å²) >= 11 is 13.5. The van der Waals surface area contributed by atoms with Crippen LogP contribution in [0.4, 0.5) is 0 Å². The minimum atomic E-state index is -0.393. The molecular formula is C12H12Cl2O2S. The molecule has 0 saturated heterocycles. The van der Waals surface area contributed by atoms with E-state index < -0.39 is 5.97 Å². The lowest BCUT2D eigenvalue weighted by Crippen LogP contribution is -2.03. The van der Waals surface area contributed by atoms with Gasteiger partial charge in [-0.25, -0.2) is 4.79 Å². The van der Waals surface area contributed by atoms with Crippen LogP contribution in [0.5, 0.6) is 0 Å². The Morgan fingerprint density at radius 2 is 2.06 bits per heavy atom. The third kappa shape index (κ3) is 5.02. The van der Waals surface area contributed by atoms with Gasteiger partial charge in [0, 0.05) is 27.4 Å². The van der Waals surface area contributed by atoms with E-state index in [9.17, 15) is 4.79 Å². The first kappa shape index (κ1) is 14.4. The lowest BCUT2D eigenvalue weighted by Gasteiger charge is -2.01. The molecule has 0 unspecified atom stereocenters. The van der Waals surface area contributed by atoms with Crippen LogP contribution in [0.25, 0.3) is 6.08 Å². The van der Waals surface area contributed by atoms with Crippen molar-refractivity contribution in [2.75, 3.05) is 18.6 Å². The molecule has 5 heteroatoms. The minimum absolute atomic E-state index is 0.393. The van der Waals surface area contributed by atoms with Crippen LogP contribution in [0.2, 0.25) is 10.0 Å². The van der Waals surface area contributed by atoms with Gasteiger partial charge < -0.3 is 4.74 Å². The maximum atomic E-state index is 11.3. The van der Waals surface area contributed by atoms with Gasteiger partial charge in [0.25, 0.3) is 0 Å². The van der Waals surface area contributed by atoms with Crippen LogP contribution < -0.4 is 0 Å². The van der Waals surface area contributed by atoms with E-state index in [0.29, 0.717) is 22.2 Å². The summed E-state index contributed by atoms with van der Waals surface area (Å²) in [5.74, 6) is 0.391. The van der Waals surface area contributed by atoms with Gasteiger partial charge in [-0.05, 0) is 24.5 Å². The van der Waals surface area contributed by atoms with Crippen molar-refractivity contribution >= 4 is 47.0 Å². The number of hydrogen-bond acceptors (Lipinski definition) is 3. The molecule has 0 aliphatic carbocycles. The summed E-state index contributed by atoms with van der Waals surface area (Å²) < 4.78 is 4.95. The molecule has 17 heavy (non-hydrogen) atoms. The molecule has 0 aliphatic heterocycles. The summed E-state index contributed by atoms with van der Waals surface area (Å²) in [6.07, 6.45) is 4.84. The van der Waals surface area contributed by atoms with Crippen molar-refractivity contribution in [2.45, 2.75) is 0 Å². The second kappa shape index (κ2) is 7.64. The maximum Gasteiger partial charge on any atom is 0.330 e. The molecule has 0 saturated carbocycles. The number of esters is 1. The van der Waals surface area contributed by atoms with Crippen LogP contribution in [0.3, 0.4) is 0 Å². The van der Waals surface area contributed by atoms with Gasteiger partial charge in [0.1, 0.15) is 6.61 Å². The van der Waals surface area contributed by atoms with Crippen molar-refractivity contribution in [3.8, 4) is 0 Å². The molecule has 1 rings (SSSR count). The highest BCUT2D eigenvalue weighted by Crippen LogP contribution is 2.25. The predicted molar refractivity (Wildman–Crippen MR) is 74.8 cm³/mol. The molecule has 0 fully saturated rings. The quantitative estimate of drug-likeness (QED) is 0.467. The third-order valence-electron chi connectivity index (χ3n) is 1.92. The zero-order valence-electron chi connectivity index (χ0n) is 9.28. The Kier molecular flexibility index (Phi) is 6.48. The van der Waals surface area contributed by atoms with Gasteiger partial charge >= 0.3 is 5.97 Å². The molecule has 2 nitrogen and oxygen atoms in total. The molecular weight excluding hydrogens is 279 g/mol. The number of ether oxygens (including phenoxy) is 1. The Morgan fingerprint density at radius 1 is 1.41 bits per heavy atom. The van der Waals surface area contributed by atoms with Crippen molar-refractivity contribution in [2.24, 2.45) is 0 Å². The monoisotopic (exact) mass is 290 g/mol. The summed E-state index contributed by atoms with van der Waals surface area (Å²) in [5, 5.41) is 1.01. The Balaban J connectivity index is 2.61. The number of carbonyl (C=O) groups excluding carboxylic acids is 1. The average molecular weight is 291 g/mol. The first-order chi connectivity index (χ1) is 8.15. The van der Waals surface area contributed by atoms with Crippen molar-refractivity contribution in [3.63, 3.8) is 0 Å². The Bertz CT molecular complexity index is 399. The molecule has 1 aromatic carbocycles. The van der Waals surface area contributed by atoms with Gasteiger partial charge in [-0.3, -0.25) is 0 Å². The fraction of sp³-hybridized carbons (Fsp3) is 0.250. The van der Waals surface area contributed by atoms with Gasteiger partial charge in [-0.2, -0.15) is 11.8 Å². The summed E-state index contributed by atoms with van der Waals surface area (Å²) in [6.45, 7) is 0.403. The van der Waals surface area contributed by atoms with E-state index in [1.54, 1.807) is 36.0 Å². The van der Waals surface area contributed by atoms with Crippen LogP contribution in [-0.4, -0.2) is 24.6 Å². The SMILES string of the molecule is CSCCOC(=O)/C=C/c1c(Cl)cccc1Cl. The lowest BCUT2D eigenvalue weighted by molar-refractivity contribution is -0.137. The Morgan fingerprint density at radius 3 is 2.65 bits per heavy atom. The lowest BCUT2D eigenvalue weighted by atomic mass is 10.2. The zero-order chi connectivity index (χ0) is 12.7. The van der Waals surface area contributed by atoms with Crippen molar-refractivity contribution < 1.29 is 9.53 Å². The summed E-state index contributed by atoms with van der Waals surface area (Å²) in [6, 6.07) is 5.18. The maximum absolute atomic E-state index is 11.3. The zero-order valence-corrected chi connectivity index (χ0v) is 11.6. The highest BCUT2D eigenvalue weighted by atomic mass is 35.5.